The Hall–Kier alpha value is -1.10. The van der Waals surface area contributed by atoms with E-state index in [9.17, 15) is 9.59 Å². The Kier molecular flexibility index (Phi) is 5.88. The second-order valence-corrected chi connectivity index (χ2v) is 2.51. The molecular weight excluding hydrogens is 176 g/mol. The molecule has 0 aliphatic carbocycles. The molecule has 0 amide bonds. The van der Waals surface area contributed by atoms with E-state index in [1.54, 1.807) is 6.92 Å². The van der Waals surface area contributed by atoms with E-state index in [-0.39, 0.29) is 26.1 Å². The van der Waals surface area contributed by atoms with E-state index in [1.165, 1.54) is 0 Å². The van der Waals surface area contributed by atoms with Crippen molar-refractivity contribution in [2.75, 3.05) is 13.2 Å². The van der Waals surface area contributed by atoms with Crippen LogP contribution in [0.25, 0.3) is 0 Å². The second kappa shape index (κ2) is 6.42. The van der Waals surface area contributed by atoms with E-state index in [0.717, 1.165) is 0 Å². The molecule has 0 heterocycles. The van der Waals surface area contributed by atoms with Crippen LogP contribution in [-0.4, -0.2) is 35.4 Å². The monoisotopic (exact) mass is 190 g/mol. The Bertz CT molecular complexity index is 177. The second-order valence-electron chi connectivity index (χ2n) is 2.51. The number of aliphatic hydroxyl groups is 1. The largest absolute Gasteiger partial charge is 0.481 e. The summed E-state index contributed by atoms with van der Waals surface area (Å²) in [4.78, 5) is 21.5. The lowest BCUT2D eigenvalue weighted by Gasteiger charge is -2.09. The minimum absolute atomic E-state index is 0.116. The topological polar surface area (TPSA) is 83.8 Å². The number of rotatable bonds is 6. The molecule has 0 aliphatic heterocycles. The molecule has 0 saturated heterocycles. The Morgan fingerprint density at radius 2 is 2.08 bits per heavy atom. The molecule has 0 spiro atoms. The molecule has 0 aliphatic rings. The van der Waals surface area contributed by atoms with Crippen molar-refractivity contribution in [3.63, 3.8) is 0 Å². The summed E-state index contributed by atoms with van der Waals surface area (Å²) < 4.78 is 4.56. The van der Waals surface area contributed by atoms with Crippen molar-refractivity contribution in [1.29, 1.82) is 0 Å². The maximum Gasteiger partial charge on any atom is 0.320 e. The highest BCUT2D eigenvalue weighted by Gasteiger charge is 2.26. The van der Waals surface area contributed by atoms with Crippen molar-refractivity contribution in [3.05, 3.63) is 0 Å². The van der Waals surface area contributed by atoms with Gasteiger partial charge in [0.15, 0.2) is 5.92 Å². The number of carbonyl (C=O) groups excluding carboxylic acids is 1. The third-order valence-electron chi connectivity index (χ3n) is 1.52. The van der Waals surface area contributed by atoms with E-state index in [2.05, 4.69) is 4.74 Å². The Labute approximate surface area is 76.3 Å². The van der Waals surface area contributed by atoms with E-state index in [1.807, 2.05) is 0 Å². The highest BCUT2D eigenvalue weighted by atomic mass is 16.5. The predicted octanol–water partition coefficient (Wildman–Crippen LogP) is 0.0228. The van der Waals surface area contributed by atoms with Gasteiger partial charge in [0.25, 0.3) is 0 Å². The van der Waals surface area contributed by atoms with Crippen LogP contribution in [0.3, 0.4) is 0 Å². The number of carboxylic acid groups (broad SMARTS) is 1. The highest BCUT2D eigenvalue weighted by Crippen LogP contribution is 2.08. The maximum absolute atomic E-state index is 11.0. The molecule has 0 saturated carbocycles. The third kappa shape index (κ3) is 4.47. The Balaban J connectivity index is 4.07. The minimum Gasteiger partial charge on any atom is -0.481 e. The fourth-order valence-corrected chi connectivity index (χ4v) is 0.880. The fourth-order valence-electron chi connectivity index (χ4n) is 0.880. The zero-order valence-corrected chi connectivity index (χ0v) is 7.52. The lowest BCUT2D eigenvalue weighted by Crippen LogP contribution is -2.26. The number of ether oxygens (including phenoxy) is 1. The van der Waals surface area contributed by atoms with Crippen molar-refractivity contribution >= 4 is 11.9 Å². The first-order valence-corrected chi connectivity index (χ1v) is 4.13. The summed E-state index contributed by atoms with van der Waals surface area (Å²) in [6, 6.07) is 0. The van der Waals surface area contributed by atoms with E-state index in [4.69, 9.17) is 10.2 Å². The van der Waals surface area contributed by atoms with Crippen LogP contribution in [-0.2, 0) is 14.3 Å². The summed E-state index contributed by atoms with van der Waals surface area (Å²) in [5.74, 6) is -3.08. The summed E-state index contributed by atoms with van der Waals surface area (Å²) in [6.07, 6.45) is 0.403. The number of hydrogen-bond donors (Lipinski definition) is 2. The standard InChI is InChI=1S/C8H14O5/c1-2-13-8(12)6(7(10)11)4-3-5-9/h6,9H,2-5H2,1H3,(H,10,11). The van der Waals surface area contributed by atoms with Gasteiger partial charge in [0, 0.05) is 6.61 Å². The molecule has 0 radical (unpaired) electrons. The van der Waals surface area contributed by atoms with E-state index >= 15 is 0 Å². The highest BCUT2D eigenvalue weighted by molar-refractivity contribution is 5.93. The molecule has 0 fully saturated rings. The first-order chi connectivity index (χ1) is 6.13. The van der Waals surface area contributed by atoms with Gasteiger partial charge in [-0.05, 0) is 19.8 Å². The molecule has 0 aromatic rings. The quantitative estimate of drug-likeness (QED) is 0.455. The summed E-state index contributed by atoms with van der Waals surface area (Å²) in [7, 11) is 0. The van der Waals surface area contributed by atoms with Gasteiger partial charge in [-0.25, -0.2) is 0 Å². The number of hydrogen-bond acceptors (Lipinski definition) is 4. The van der Waals surface area contributed by atoms with Crippen LogP contribution in [0.15, 0.2) is 0 Å². The van der Waals surface area contributed by atoms with Crippen molar-refractivity contribution in [2.24, 2.45) is 5.92 Å². The van der Waals surface area contributed by atoms with Crippen LogP contribution in [0.1, 0.15) is 19.8 Å². The van der Waals surface area contributed by atoms with Gasteiger partial charge in [0.05, 0.1) is 6.61 Å². The summed E-state index contributed by atoms with van der Waals surface area (Å²) in [5, 5.41) is 17.1. The van der Waals surface area contributed by atoms with Gasteiger partial charge in [-0.2, -0.15) is 0 Å². The first-order valence-electron chi connectivity index (χ1n) is 4.13. The Morgan fingerprint density at radius 3 is 2.46 bits per heavy atom. The average molecular weight is 190 g/mol. The number of carbonyl (C=O) groups is 2. The van der Waals surface area contributed by atoms with Gasteiger partial charge in [0.2, 0.25) is 0 Å². The van der Waals surface area contributed by atoms with Gasteiger partial charge < -0.3 is 14.9 Å². The van der Waals surface area contributed by atoms with Gasteiger partial charge in [-0.15, -0.1) is 0 Å². The van der Waals surface area contributed by atoms with Crippen LogP contribution in [0, 0.1) is 5.92 Å². The molecular formula is C8H14O5. The van der Waals surface area contributed by atoms with Crippen molar-refractivity contribution in [1.82, 2.24) is 0 Å². The van der Waals surface area contributed by atoms with Crippen LogP contribution in [0.2, 0.25) is 0 Å². The predicted molar refractivity (Wildman–Crippen MR) is 44.1 cm³/mol. The van der Waals surface area contributed by atoms with Gasteiger partial charge in [-0.1, -0.05) is 0 Å². The molecule has 2 N–H and O–H groups in total. The zero-order valence-electron chi connectivity index (χ0n) is 7.52. The molecule has 5 nitrogen and oxygen atoms in total. The average Bonchev–Trinajstić information content (AvgIpc) is 2.05. The van der Waals surface area contributed by atoms with Crippen LogP contribution in [0.4, 0.5) is 0 Å². The smallest absolute Gasteiger partial charge is 0.320 e. The number of aliphatic hydroxyl groups excluding tert-OH is 1. The van der Waals surface area contributed by atoms with Crippen molar-refractivity contribution < 1.29 is 24.5 Å². The third-order valence-corrected chi connectivity index (χ3v) is 1.52. The van der Waals surface area contributed by atoms with Gasteiger partial charge >= 0.3 is 11.9 Å². The summed E-state index contributed by atoms with van der Waals surface area (Å²) in [6.45, 7) is 1.66. The SMILES string of the molecule is CCOC(=O)C(CCCO)C(=O)O. The number of esters is 1. The van der Waals surface area contributed by atoms with Crippen LogP contribution in [0.5, 0.6) is 0 Å². The van der Waals surface area contributed by atoms with Gasteiger partial charge in [-0.3, -0.25) is 9.59 Å². The molecule has 76 valence electrons. The minimum atomic E-state index is -1.20. The fraction of sp³-hybridized carbons (Fsp3) is 0.750. The van der Waals surface area contributed by atoms with Crippen molar-refractivity contribution in [2.45, 2.75) is 19.8 Å². The maximum atomic E-state index is 11.0. The van der Waals surface area contributed by atoms with E-state index in [0.29, 0.717) is 0 Å². The van der Waals surface area contributed by atoms with Crippen LogP contribution < -0.4 is 0 Å². The number of carboxylic acids is 1. The molecule has 13 heavy (non-hydrogen) atoms. The van der Waals surface area contributed by atoms with E-state index < -0.39 is 17.9 Å². The lowest BCUT2D eigenvalue weighted by atomic mass is 10.0. The van der Waals surface area contributed by atoms with Gasteiger partial charge in [0.1, 0.15) is 0 Å². The lowest BCUT2D eigenvalue weighted by molar-refractivity contribution is -0.158. The van der Waals surface area contributed by atoms with Crippen LogP contribution >= 0.6 is 0 Å². The zero-order chi connectivity index (χ0) is 10.3. The summed E-state index contributed by atoms with van der Waals surface area (Å²) in [5.41, 5.74) is 0. The molecule has 1 unspecified atom stereocenters. The Morgan fingerprint density at radius 1 is 1.46 bits per heavy atom. The first kappa shape index (κ1) is 11.9. The summed E-state index contributed by atoms with van der Waals surface area (Å²) >= 11 is 0. The number of aliphatic carboxylic acids is 1. The van der Waals surface area contributed by atoms with Crippen molar-refractivity contribution in [3.8, 4) is 0 Å². The molecule has 0 bridgehead atoms. The molecule has 1 atom stereocenters. The molecule has 5 heteroatoms. The molecule has 0 aromatic heterocycles. The molecule has 0 rings (SSSR count). The normalized spacial score (nSPS) is 12.2. The molecule has 0 aromatic carbocycles.